The standard InChI is InChI=1S/C44H29N3/c1-3-11-30(12-4-1)32-19-23-34(24-20-32)45(35-25-21-33(22-26-35)31-13-5-2-6-14-31)36-27-28-41-42(29-36)47-40-18-10-8-16-38(40)43-37-15-7-9-17-39(37)46(41)44(43)47/h1-29H. The number of anilines is 3. The van der Waals surface area contributed by atoms with E-state index in [-0.39, 0.29) is 0 Å². The summed E-state index contributed by atoms with van der Waals surface area (Å²) in [6.07, 6.45) is 0. The Kier molecular flexibility index (Phi) is 5.57. The molecule has 3 aromatic heterocycles. The van der Waals surface area contributed by atoms with Crippen LogP contribution in [0.2, 0.25) is 0 Å². The first kappa shape index (κ1) is 26.0. The molecule has 0 aliphatic carbocycles. The lowest BCUT2D eigenvalue weighted by molar-refractivity contribution is 1.28. The molecule has 0 aliphatic rings. The second kappa shape index (κ2) is 10.1. The third-order valence-corrected chi connectivity index (χ3v) is 9.64. The van der Waals surface area contributed by atoms with Gasteiger partial charge in [0.2, 0.25) is 0 Å². The molecule has 10 rings (SSSR count). The third kappa shape index (κ3) is 3.87. The van der Waals surface area contributed by atoms with Gasteiger partial charge in [0.1, 0.15) is 5.65 Å². The van der Waals surface area contributed by atoms with E-state index in [1.165, 1.54) is 66.1 Å². The zero-order valence-electron chi connectivity index (χ0n) is 25.6. The van der Waals surface area contributed by atoms with Crippen molar-refractivity contribution in [2.24, 2.45) is 0 Å². The smallest absolute Gasteiger partial charge is 0.131 e. The van der Waals surface area contributed by atoms with Crippen molar-refractivity contribution in [3.05, 3.63) is 176 Å². The molecule has 3 nitrogen and oxygen atoms in total. The highest BCUT2D eigenvalue weighted by Gasteiger charge is 2.23. The lowest BCUT2D eigenvalue weighted by Crippen LogP contribution is -2.10. The van der Waals surface area contributed by atoms with E-state index in [0.29, 0.717) is 0 Å². The van der Waals surface area contributed by atoms with Gasteiger partial charge < -0.3 is 4.90 Å². The Bertz CT molecular complexity index is 2610. The Morgan fingerprint density at radius 2 is 0.745 bits per heavy atom. The van der Waals surface area contributed by atoms with E-state index in [1.54, 1.807) is 0 Å². The number of imidazole rings is 1. The van der Waals surface area contributed by atoms with Gasteiger partial charge in [-0.15, -0.1) is 0 Å². The summed E-state index contributed by atoms with van der Waals surface area (Å²) in [4.78, 5) is 2.37. The fourth-order valence-corrected chi connectivity index (χ4v) is 7.52. The Labute approximate surface area is 272 Å². The van der Waals surface area contributed by atoms with Crippen LogP contribution in [0.4, 0.5) is 17.1 Å². The lowest BCUT2D eigenvalue weighted by Gasteiger charge is -2.26. The van der Waals surface area contributed by atoms with Crippen LogP contribution in [-0.4, -0.2) is 8.80 Å². The summed E-state index contributed by atoms with van der Waals surface area (Å²) < 4.78 is 4.90. The number of aromatic nitrogens is 2. The summed E-state index contributed by atoms with van der Waals surface area (Å²) in [5.41, 5.74) is 14.3. The van der Waals surface area contributed by atoms with Crippen molar-refractivity contribution < 1.29 is 0 Å². The fraction of sp³-hybridized carbons (Fsp3) is 0. The van der Waals surface area contributed by atoms with E-state index in [2.05, 4.69) is 190 Å². The van der Waals surface area contributed by atoms with Gasteiger partial charge in [-0.05, 0) is 76.9 Å². The van der Waals surface area contributed by atoms with E-state index in [4.69, 9.17) is 0 Å². The summed E-state index contributed by atoms with van der Waals surface area (Å²) in [6, 6.07) is 63.5. The van der Waals surface area contributed by atoms with Gasteiger partial charge in [0.15, 0.2) is 0 Å². The molecule has 0 spiro atoms. The fourth-order valence-electron chi connectivity index (χ4n) is 7.52. The van der Waals surface area contributed by atoms with Crippen molar-refractivity contribution in [2.45, 2.75) is 0 Å². The number of nitrogens with zero attached hydrogens (tertiary/aromatic N) is 3. The van der Waals surface area contributed by atoms with Gasteiger partial charge in [-0.25, -0.2) is 0 Å². The Hall–Kier alpha value is -6.32. The molecule has 0 N–H and O–H groups in total. The highest BCUT2D eigenvalue weighted by molar-refractivity contribution is 6.24. The molecule has 0 unspecified atom stereocenters. The van der Waals surface area contributed by atoms with Crippen LogP contribution >= 0.6 is 0 Å². The lowest BCUT2D eigenvalue weighted by atomic mass is 10.0. The minimum absolute atomic E-state index is 1.11. The molecule has 0 amide bonds. The van der Waals surface area contributed by atoms with Gasteiger partial charge in [-0.2, -0.15) is 0 Å². The van der Waals surface area contributed by atoms with E-state index >= 15 is 0 Å². The minimum atomic E-state index is 1.11. The van der Waals surface area contributed by atoms with E-state index in [1.807, 2.05) is 0 Å². The van der Waals surface area contributed by atoms with Crippen molar-refractivity contribution in [3.8, 4) is 22.3 Å². The van der Waals surface area contributed by atoms with E-state index < -0.39 is 0 Å². The third-order valence-electron chi connectivity index (χ3n) is 9.64. The molecule has 10 aromatic rings. The van der Waals surface area contributed by atoms with Crippen LogP contribution in [-0.2, 0) is 0 Å². The van der Waals surface area contributed by atoms with Gasteiger partial charge in [-0.1, -0.05) is 121 Å². The molecule has 3 heterocycles. The van der Waals surface area contributed by atoms with Crippen LogP contribution in [0.1, 0.15) is 0 Å². The maximum Gasteiger partial charge on any atom is 0.131 e. The van der Waals surface area contributed by atoms with Crippen LogP contribution in [0.3, 0.4) is 0 Å². The minimum Gasteiger partial charge on any atom is -0.310 e. The first-order chi connectivity index (χ1) is 23.3. The van der Waals surface area contributed by atoms with Crippen LogP contribution in [0.5, 0.6) is 0 Å². The second-order valence-corrected chi connectivity index (χ2v) is 12.2. The van der Waals surface area contributed by atoms with Crippen LogP contribution in [0.25, 0.3) is 66.1 Å². The van der Waals surface area contributed by atoms with Crippen LogP contribution in [0, 0.1) is 0 Å². The summed E-state index contributed by atoms with van der Waals surface area (Å²) in [6.45, 7) is 0. The van der Waals surface area contributed by atoms with Gasteiger partial charge in [0.05, 0.1) is 22.1 Å². The molecule has 0 fully saturated rings. The predicted octanol–water partition coefficient (Wildman–Crippen LogP) is 11.9. The molecule has 0 saturated heterocycles. The van der Waals surface area contributed by atoms with Gasteiger partial charge >= 0.3 is 0 Å². The summed E-state index contributed by atoms with van der Waals surface area (Å²) >= 11 is 0. The molecule has 0 bridgehead atoms. The molecule has 7 aromatic carbocycles. The van der Waals surface area contributed by atoms with E-state index in [9.17, 15) is 0 Å². The average molecular weight is 600 g/mol. The maximum absolute atomic E-state index is 2.46. The highest BCUT2D eigenvalue weighted by atomic mass is 15.2. The number of benzene rings is 7. The monoisotopic (exact) mass is 599 g/mol. The molecule has 0 radical (unpaired) electrons. The number of hydrogen-bond donors (Lipinski definition) is 0. The molecule has 0 atom stereocenters. The summed E-state index contributed by atoms with van der Waals surface area (Å²) in [5.74, 6) is 0. The van der Waals surface area contributed by atoms with Gasteiger partial charge in [0, 0.05) is 33.2 Å². The molecule has 0 saturated carbocycles. The molecule has 220 valence electrons. The van der Waals surface area contributed by atoms with Crippen molar-refractivity contribution >= 4 is 60.9 Å². The zero-order valence-corrected chi connectivity index (χ0v) is 25.6. The Balaban J connectivity index is 1.20. The quantitative estimate of drug-likeness (QED) is 0.192. The Morgan fingerprint density at radius 3 is 1.28 bits per heavy atom. The van der Waals surface area contributed by atoms with Crippen molar-refractivity contribution in [3.63, 3.8) is 0 Å². The zero-order chi connectivity index (χ0) is 30.9. The summed E-state index contributed by atoms with van der Waals surface area (Å²) in [5, 5.41) is 3.91. The van der Waals surface area contributed by atoms with Crippen molar-refractivity contribution in [1.82, 2.24) is 8.80 Å². The van der Waals surface area contributed by atoms with Gasteiger partial charge in [-0.3, -0.25) is 8.80 Å². The normalized spacial score (nSPS) is 11.8. The maximum atomic E-state index is 2.46. The Morgan fingerprint density at radius 1 is 0.319 bits per heavy atom. The molecular weight excluding hydrogens is 571 g/mol. The SMILES string of the molecule is c1ccc(-c2ccc(N(c3ccc(-c4ccccc4)cc3)c3ccc4c(c3)n3c5ccccc5c5c6ccccc6n4c53)cc2)cc1. The van der Waals surface area contributed by atoms with Gasteiger partial charge in [0.25, 0.3) is 0 Å². The van der Waals surface area contributed by atoms with Crippen LogP contribution in [0.15, 0.2) is 176 Å². The number of para-hydroxylation sites is 2. The first-order valence-corrected chi connectivity index (χ1v) is 16.1. The average Bonchev–Trinajstić information content (AvgIpc) is 3.78. The highest BCUT2D eigenvalue weighted by Crippen LogP contribution is 2.43. The number of fused-ring (bicyclic) bond motifs is 9. The van der Waals surface area contributed by atoms with E-state index in [0.717, 1.165) is 17.1 Å². The summed E-state index contributed by atoms with van der Waals surface area (Å²) in [7, 11) is 0. The second-order valence-electron chi connectivity index (χ2n) is 12.2. The number of rotatable bonds is 5. The molecule has 3 heteroatoms. The van der Waals surface area contributed by atoms with Crippen molar-refractivity contribution in [2.75, 3.05) is 4.90 Å². The molecule has 47 heavy (non-hydrogen) atoms. The number of hydrogen-bond acceptors (Lipinski definition) is 1. The topological polar surface area (TPSA) is 12.1 Å². The first-order valence-electron chi connectivity index (χ1n) is 16.1. The molecular formula is C44H29N3. The van der Waals surface area contributed by atoms with Crippen LogP contribution < -0.4 is 4.90 Å². The predicted molar refractivity (Wildman–Crippen MR) is 198 cm³/mol. The van der Waals surface area contributed by atoms with Crippen molar-refractivity contribution in [1.29, 1.82) is 0 Å². The largest absolute Gasteiger partial charge is 0.310 e. The molecule has 0 aliphatic heterocycles.